The molecular weight excluding hydrogens is 446 g/mol. The number of benzene rings is 2. The van der Waals surface area contributed by atoms with Gasteiger partial charge in [0.2, 0.25) is 0 Å². The van der Waals surface area contributed by atoms with Crippen molar-refractivity contribution in [3.63, 3.8) is 0 Å². The maximum Gasteiger partial charge on any atom is 0.460 e. The van der Waals surface area contributed by atoms with Gasteiger partial charge in [0.25, 0.3) is 0 Å². The van der Waals surface area contributed by atoms with Crippen LogP contribution in [0.5, 0.6) is 11.5 Å². The van der Waals surface area contributed by atoms with Crippen molar-refractivity contribution in [1.29, 1.82) is 0 Å². The van der Waals surface area contributed by atoms with Crippen LogP contribution in [0.2, 0.25) is 0 Å². The molecule has 0 heterocycles. The number of hydrogen-bond donors (Lipinski definition) is 1. The minimum atomic E-state index is -2.14. The van der Waals surface area contributed by atoms with E-state index in [1.807, 2.05) is 12.1 Å². The Labute approximate surface area is 209 Å². The van der Waals surface area contributed by atoms with Crippen LogP contribution < -0.4 is 9.05 Å². The van der Waals surface area contributed by atoms with Crippen LogP contribution in [0.3, 0.4) is 0 Å². The molecule has 0 spiro atoms. The second kappa shape index (κ2) is 11.0. The van der Waals surface area contributed by atoms with E-state index in [0.717, 1.165) is 11.1 Å². The topological polar surface area (TPSA) is 38.7 Å². The molecule has 3 nitrogen and oxygen atoms in total. The van der Waals surface area contributed by atoms with E-state index in [9.17, 15) is 9.28 Å². The summed E-state index contributed by atoms with van der Waals surface area (Å²) in [5, 5.41) is 0. The fourth-order valence-corrected chi connectivity index (χ4v) is 4.20. The Hall–Kier alpha value is -1.64. The quantitative estimate of drug-likeness (QED) is 0.433. The fourth-order valence-electron chi connectivity index (χ4n) is 3.51. The van der Waals surface area contributed by atoms with Crippen molar-refractivity contribution in [2.45, 2.75) is 105 Å². The van der Waals surface area contributed by atoms with Crippen molar-refractivity contribution in [1.82, 2.24) is 0 Å². The first-order valence-corrected chi connectivity index (χ1v) is 13.0. The van der Waals surface area contributed by atoms with Crippen molar-refractivity contribution < 1.29 is 18.3 Å². The highest BCUT2D eigenvalue weighted by Crippen LogP contribution is 2.45. The molecule has 0 unspecified atom stereocenters. The maximum atomic E-state index is 10.8. The molecule has 0 fully saturated rings. The molecule has 0 saturated heterocycles. The molecule has 1 N–H and O–H groups in total. The van der Waals surface area contributed by atoms with Crippen LogP contribution in [0.1, 0.15) is 105 Å². The highest BCUT2D eigenvalue weighted by molar-refractivity contribution is 7.41. The van der Waals surface area contributed by atoms with E-state index in [0.29, 0.717) is 18.7 Å². The molecule has 5 heteroatoms. The van der Waals surface area contributed by atoms with Gasteiger partial charge in [0.05, 0.1) is 7.18 Å². The standard InChI is InChI=1S/C28H43O3P.CH3F/c1-25(2,3)19-13-15-23(21(17-19)27(7,8)9)30-32(29)31-24-16-14-20(26(4,5)6)18-22(24)28(10,11)12;1-2/h13-18,29H,1-12H3;1H3. The van der Waals surface area contributed by atoms with Gasteiger partial charge in [-0.2, -0.15) is 0 Å². The van der Waals surface area contributed by atoms with Gasteiger partial charge in [-0.1, -0.05) is 107 Å². The van der Waals surface area contributed by atoms with E-state index < -0.39 is 8.60 Å². The lowest BCUT2D eigenvalue weighted by Crippen LogP contribution is -2.18. The lowest BCUT2D eigenvalue weighted by atomic mass is 9.80. The van der Waals surface area contributed by atoms with Gasteiger partial charge in [0.1, 0.15) is 11.5 Å². The summed E-state index contributed by atoms with van der Waals surface area (Å²) in [6.45, 7) is 26.2. The summed E-state index contributed by atoms with van der Waals surface area (Å²) < 4.78 is 21.5. The van der Waals surface area contributed by atoms with Crippen molar-refractivity contribution in [3.05, 3.63) is 58.7 Å². The smallest absolute Gasteiger partial charge is 0.418 e. The molecule has 0 aliphatic carbocycles. The van der Waals surface area contributed by atoms with Crippen LogP contribution >= 0.6 is 8.60 Å². The third-order valence-electron chi connectivity index (χ3n) is 5.66. The van der Waals surface area contributed by atoms with Crippen LogP contribution in [0.4, 0.5) is 4.39 Å². The molecule has 2 aromatic rings. The Morgan fingerprint density at radius 2 is 0.853 bits per heavy atom. The van der Waals surface area contributed by atoms with Gasteiger partial charge in [0, 0.05) is 11.1 Å². The lowest BCUT2D eigenvalue weighted by molar-refractivity contribution is 0.370. The molecule has 34 heavy (non-hydrogen) atoms. The number of alkyl halides is 1. The SMILES string of the molecule is CC(C)(C)c1ccc(OP(O)Oc2ccc(C(C)(C)C)cc2C(C)(C)C)c(C(C)(C)C)c1.CF. The van der Waals surface area contributed by atoms with Crippen molar-refractivity contribution >= 4 is 8.60 Å². The average Bonchev–Trinajstić information content (AvgIpc) is 2.66. The summed E-state index contributed by atoms with van der Waals surface area (Å²) in [5.74, 6) is 1.34. The third kappa shape index (κ3) is 8.24. The largest absolute Gasteiger partial charge is 0.460 e. The van der Waals surface area contributed by atoms with E-state index in [1.54, 1.807) is 0 Å². The molecule has 2 rings (SSSR count). The normalized spacial score (nSPS) is 12.8. The van der Waals surface area contributed by atoms with E-state index in [-0.39, 0.29) is 21.7 Å². The first-order chi connectivity index (χ1) is 15.3. The molecule has 0 saturated carbocycles. The first kappa shape index (κ1) is 30.4. The van der Waals surface area contributed by atoms with Crippen LogP contribution in [-0.4, -0.2) is 12.1 Å². The summed E-state index contributed by atoms with van der Waals surface area (Å²) in [4.78, 5) is 10.8. The maximum absolute atomic E-state index is 10.8. The molecule has 2 aromatic carbocycles. The summed E-state index contributed by atoms with van der Waals surface area (Å²) >= 11 is 0. The van der Waals surface area contributed by atoms with Crippen LogP contribution in [0.25, 0.3) is 0 Å². The lowest BCUT2D eigenvalue weighted by Gasteiger charge is -2.29. The van der Waals surface area contributed by atoms with Crippen molar-refractivity contribution in [3.8, 4) is 11.5 Å². The summed E-state index contributed by atoms with van der Waals surface area (Å²) in [5.41, 5.74) is 4.43. The monoisotopic (exact) mass is 492 g/mol. The Morgan fingerprint density at radius 3 is 1.09 bits per heavy atom. The Bertz CT molecular complexity index is 864. The molecule has 0 atom stereocenters. The van der Waals surface area contributed by atoms with Gasteiger partial charge < -0.3 is 13.9 Å². The van der Waals surface area contributed by atoms with E-state index in [2.05, 4.69) is 107 Å². The Kier molecular flexibility index (Phi) is 9.79. The predicted molar refractivity (Wildman–Crippen MR) is 145 cm³/mol. The van der Waals surface area contributed by atoms with E-state index in [1.165, 1.54) is 11.1 Å². The molecule has 0 aliphatic rings. The molecule has 0 bridgehead atoms. The fraction of sp³-hybridized carbons (Fsp3) is 0.586. The number of halogens is 1. The zero-order valence-electron chi connectivity index (χ0n) is 23.6. The highest BCUT2D eigenvalue weighted by atomic mass is 31.2. The molecule has 0 aromatic heterocycles. The van der Waals surface area contributed by atoms with Gasteiger partial charge in [-0.15, -0.1) is 0 Å². The molecular formula is C29H46FO3P. The van der Waals surface area contributed by atoms with Gasteiger partial charge in [-0.05, 0) is 44.9 Å². The van der Waals surface area contributed by atoms with Gasteiger partial charge >= 0.3 is 8.60 Å². The second-order valence-corrected chi connectivity index (χ2v) is 13.7. The summed E-state index contributed by atoms with van der Waals surface area (Å²) in [6, 6.07) is 12.5. The zero-order chi connectivity index (χ0) is 26.7. The minimum absolute atomic E-state index is 0.0371. The first-order valence-electron chi connectivity index (χ1n) is 11.8. The van der Waals surface area contributed by atoms with Crippen LogP contribution in [-0.2, 0) is 21.7 Å². The van der Waals surface area contributed by atoms with Crippen LogP contribution in [0.15, 0.2) is 36.4 Å². The predicted octanol–water partition coefficient (Wildman–Crippen LogP) is 9.14. The third-order valence-corrected chi connectivity index (χ3v) is 6.37. The molecule has 0 radical (unpaired) electrons. The van der Waals surface area contributed by atoms with Crippen molar-refractivity contribution in [2.24, 2.45) is 0 Å². The highest BCUT2D eigenvalue weighted by Gasteiger charge is 2.28. The number of hydrogen-bond acceptors (Lipinski definition) is 3. The Morgan fingerprint density at radius 1 is 0.559 bits per heavy atom. The Balaban J connectivity index is 0.00000281. The van der Waals surface area contributed by atoms with E-state index >= 15 is 0 Å². The minimum Gasteiger partial charge on any atom is -0.418 e. The number of rotatable bonds is 4. The zero-order valence-corrected chi connectivity index (χ0v) is 24.4. The van der Waals surface area contributed by atoms with Crippen LogP contribution in [0, 0.1) is 0 Å². The van der Waals surface area contributed by atoms with Gasteiger partial charge in [-0.3, -0.25) is 4.39 Å². The summed E-state index contributed by atoms with van der Waals surface area (Å²) in [7, 11) is -1.64. The van der Waals surface area contributed by atoms with E-state index in [4.69, 9.17) is 9.05 Å². The van der Waals surface area contributed by atoms with Gasteiger partial charge in [0.15, 0.2) is 0 Å². The molecule has 0 aliphatic heterocycles. The average molecular weight is 493 g/mol. The van der Waals surface area contributed by atoms with Crippen molar-refractivity contribution in [2.75, 3.05) is 7.18 Å². The summed E-state index contributed by atoms with van der Waals surface area (Å²) in [6.07, 6.45) is 0. The second-order valence-electron chi connectivity index (χ2n) is 12.8. The molecule has 0 amide bonds. The van der Waals surface area contributed by atoms with Gasteiger partial charge in [-0.25, -0.2) is 0 Å². The molecule has 192 valence electrons.